The first-order valence-corrected chi connectivity index (χ1v) is 6.71. The van der Waals surface area contributed by atoms with Gasteiger partial charge in [0.1, 0.15) is 0 Å². The predicted octanol–water partition coefficient (Wildman–Crippen LogP) is 1.60. The molecule has 0 radical (unpaired) electrons. The number of methoxy groups -OCH3 is 1. The van der Waals surface area contributed by atoms with Gasteiger partial charge in [-0.05, 0) is 20.3 Å². The van der Waals surface area contributed by atoms with Gasteiger partial charge in [-0.1, -0.05) is 25.5 Å². The Morgan fingerprint density at radius 1 is 1.67 bits per heavy atom. The molecule has 1 aliphatic rings. The van der Waals surface area contributed by atoms with Crippen LogP contribution >= 0.6 is 0 Å². The van der Waals surface area contributed by atoms with Crippen LogP contribution in [0.3, 0.4) is 0 Å². The van der Waals surface area contributed by atoms with E-state index in [0.29, 0.717) is 6.42 Å². The minimum atomic E-state index is -0.392. The van der Waals surface area contributed by atoms with E-state index in [0.717, 1.165) is 12.8 Å². The van der Waals surface area contributed by atoms with Crippen molar-refractivity contribution in [1.82, 2.24) is 5.32 Å². The lowest BCUT2D eigenvalue weighted by molar-refractivity contribution is -0.119. The highest BCUT2D eigenvalue weighted by atomic mass is 16.5. The van der Waals surface area contributed by atoms with E-state index in [2.05, 4.69) is 18.3 Å². The average Bonchev–Trinajstić information content (AvgIpc) is 2.70. The first-order valence-electron chi connectivity index (χ1n) is 6.71. The highest BCUT2D eigenvalue weighted by Gasteiger charge is 2.43. The van der Waals surface area contributed by atoms with Crippen LogP contribution < -0.4 is 11.1 Å². The number of ether oxygens (including phenoxy) is 1. The summed E-state index contributed by atoms with van der Waals surface area (Å²) < 4.78 is 5.61. The molecule has 1 fully saturated rings. The highest BCUT2D eigenvalue weighted by molar-refractivity contribution is 5.79. The molecule has 4 atom stereocenters. The molecule has 0 bridgehead atoms. The van der Waals surface area contributed by atoms with Crippen molar-refractivity contribution < 1.29 is 9.53 Å². The minimum absolute atomic E-state index is 0.0369. The topological polar surface area (TPSA) is 64.4 Å². The Bertz CT molecular complexity index is 317. The Balaban J connectivity index is 2.86. The summed E-state index contributed by atoms with van der Waals surface area (Å²) in [7, 11) is 1.69. The second kappa shape index (κ2) is 6.34. The first-order chi connectivity index (χ1) is 8.48. The van der Waals surface area contributed by atoms with E-state index in [1.54, 1.807) is 7.11 Å². The third-order valence-electron chi connectivity index (χ3n) is 3.95. The van der Waals surface area contributed by atoms with Crippen molar-refractivity contribution in [2.24, 2.45) is 11.7 Å². The fourth-order valence-corrected chi connectivity index (χ4v) is 2.76. The number of rotatable bonds is 6. The van der Waals surface area contributed by atoms with E-state index < -0.39 is 5.60 Å². The Hall–Kier alpha value is -0.870. The van der Waals surface area contributed by atoms with Gasteiger partial charge in [0, 0.05) is 19.4 Å². The fraction of sp³-hybridized carbons (Fsp3) is 0.786. The zero-order chi connectivity index (χ0) is 13.8. The lowest BCUT2D eigenvalue weighted by atomic mass is 9.82. The molecule has 0 aromatic carbocycles. The second-order valence-corrected chi connectivity index (χ2v) is 5.28. The van der Waals surface area contributed by atoms with E-state index in [9.17, 15) is 4.79 Å². The molecule has 1 heterocycles. The van der Waals surface area contributed by atoms with Gasteiger partial charge in [0.25, 0.3) is 0 Å². The Labute approximate surface area is 110 Å². The molecule has 4 nitrogen and oxygen atoms in total. The molecule has 0 aromatic rings. The third-order valence-corrected chi connectivity index (χ3v) is 3.95. The van der Waals surface area contributed by atoms with E-state index in [4.69, 9.17) is 10.5 Å². The molecule has 0 aliphatic carbocycles. The van der Waals surface area contributed by atoms with Crippen LogP contribution in [-0.2, 0) is 9.53 Å². The Kier molecular flexibility index (Phi) is 5.35. The maximum Gasteiger partial charge on any atom is 0.220 e. The van der Waals surface area contributed by atoms with Crippen LogP contribution in [0, 0.1) is 5.92 Å². The normalized spacial score (nSPS) is 29.3. The fourth-order valence-electron chi connectivity index (χ4n) is 2.76. The van der Waals surface area contributed by atoms with Gasteiger partial charge in [-0.15, -0.1) is 0 Å². The van der Waals surface area contributed by atoms with Crippen molar-refractivity contribution in [3.8, 4) is 0 Å². The lowest BCUT2D eigenvalue weighted by Crippen LogP contribution is -2.58. The maximum atomic E-state index is 11.6. The van der Waals surface area contributed by atoms with E-state index >= 15 is 0 Å². The second-order valence-electron chi connectivity index (χ2n) is 5.28. The zero-order valence-electron chi connectivity index (χ0n) is 11.9. The number of nitrogens with one attached hydrogen (secondary N) is 1. The monoisotopic (exact) mass is 254 g/mol. The van der Waals surface area contributed by atoms with Gasteiger partial charge in [0.2, 0.25) is 5.91 Å². The van der Waals surface area contributed by atoms with Gasteiger partial charge in [0.05, 0.1) is 17.7 Å². The van der Waals surface area contributed by atoms with Crippen molar-refractivity contribution in [3.05, 3.63) is 12.2 Å². The van der Waals surface area contributed by atoms with Gasteiger partial charge in [-0.2, -0.15) is 0 Å². The summed E-state index contributed by atoms with van der Waals surface area (Å²) in [6, 6.07) is -0.236. The van der Waals surface area contributed by atoms with Gasteiger partial charge in [-0.25, -0.2) is 0 Å². The molecule has 104 valence electrons. The number of nitrogens with two attached hydrogens (primary N) is 1. The molecule has 3 N–H and O–H groups in total. The van der Waals surface area contributed by atoms with Crippen LogP contribution in [0.15, 0.2) is 12.2 Å². The van der Waals surface area contributed by atoms with Crippen LogP contribution in [0.1, 0.15) is 40.0 Å². The summed E-state index contributed by atoms with van der Waals surface area (Å²) in [6.07, 6.45) is 6.46. The first kappa shape index (κ1) is 15.2. The number of carbonyl (C=O) groups excluding carboxylic acids is 1. The Morgan fingerprint density at radius 2 is 2.33 bits per heavy atom. The molecular formula is C14H26N2O2. The smallest absolute Gasteiger partial charge is 0.220 e. The molecule has 4 heteroatoms. The number of carbonyl (C=O) groups is 1. The summed E-state index contributed by atoms with van der Waals surface area (Å²) in [4.78, 5) is 11.6. The summed E-state index contributed by atoms with van der Waals surface area (Å²) in [5.74, 6) is 0.248. The molecule has 18 heavy (non-hydrogen) atoms. The van der Waals surface area contributed by atoms with Gasteiger partial charge >= 0.3 is 0 Å². The standard InChI is InChI=1S/C14H26N2O2/c1-5-7-10-9-11(17)16-12(10)13(15)14(3,18-4)8-6-2/h5,7,10,12-13H,6,8-9,15H2,1-4H3,(H,16,17)/b7-5-/t10-,12-,13-,14+/m1/s1. The van der Waals surface area contributed by atoms with Crippen molar-refractivity contribution in [1.29, 1.82) is 0 Å². The largest absolute Gasteiger partial charge is 0.377 e. The predicted molar refractivity (Wildman–Crippen MR) is 73.1 cm³/mol. The van der Waals surface area contributed by atoms with Crippen molar-refractivity contribution >= 4 is 5.91 Å². The SMILES string of the molecule is C/C=C\[C@@H]1CC(=O)N[C@H]1[C@@H](N)[C@](C)(CCC)OC. The molecule has 1 saturated heterocycles. The summed E-state index contributed by atoms with van der Waals surface area (Å²) in [5.41, 5.74) is 5.97. The van der Waals surface area contributed by atoms with E-state index in [1.807, 2.05) is 19.9 Å². The van der Waals surface area contributed by atoms with Crippen molar-refractivity contribution in [2.75, 3.05) is 7.11 Å². The zero-order valence-corrected chi connectivity index (χ0v) is 11.9. The van der Waals surface area contributed by atoms with Gasteiger partial charge in [-0.3, -0.25) is 4.79 Å². The number of amides is 1. The summed E-state index contributed by atoms with van der Waals surface area (Å²) >= 11 is 0. The van der Waals surface area contributed by atoms with E-state index in [-0.39, 0.29) is 23.9 Å². The van der Waals surface area contributed by atoms with Crippen LogP contribution in [-0.4, -0.2) is 30.7 Å². The van der Waals surface area contributed by atoms with Gasteiger partial charge < -0.3 is 15.8 Å². The Morgan fingerprint density at radius 3 is 2.83 bits per heavy atom. The molecular weight excluding hydrogens is 228 g/mol. The molecule has 1 amide bonds. The van der Waals surface area contributed by atoms with E-state index in [1.165, 1.54) is 0 Å². The van der Waals surface area contributed by atoms with Crippen LogP contribution in [0.4, 0.5) is 0 Å². The lowest BCUT2D eigenvalue weighted by Gasteiger charge is -2.38. The summed E-state index contributed by atoms with van der Waals surface area (Å²) in [6.45, 7) is 6.10. The average molecular weight is 254 g/mol. The van der Waals surface area contributed by atoms with Crippen LogP contribution in [0.2, 0.25) is 0 Å². The van der Waals surface area contributed by atoms with Crippen LogP contribution in [0.25, 0.3) is 0 Å². The quantitative estimate of drug-likeness (QED) is 0.708. The van der Waals surface area contributed by atoms with Gasteiger partial charge in [0.15, 0.2) is 0 Å². The van der Waals surface area contributed by atoms with Crippen molar-refractivity contribution in [2.45, 2.75) is 57.7 Å². The maximum absolute atomic E-state index is 11.6. The molecule has 1 rings (SSSR count). The number of hydrogen-bond acceptors (Lipinski definition) is 3. The third kappa shape index (κ3) is 3.12. The molecule has 0 aromatic heterocycles. The molecule has 0 saturated carbocycles. The highest BCUT2D eigenvalue weighted by Crippen LogP contribution is 2.29. The minimum Gasteiger partial charge on any atom is -0.377 e. The number of allylic oxidation sites excluding steroid dienone is 1. The molecule has 1 aliphatic heterocycles. The molecule has 0 unspecified atom stereocenters. The van der Waals surface area contributed by atoms with Crippen molar-refractivity contribution in [3.63, 3.8) is 0 Å². The van der Waals surface area contributed by atoms with Crippen LogP contribution in [0.5, 0.6) is 0 Å². The summed E-state index contributed by atoms with van der Waals surface area (Å²) in [5, 5.41) is 2.99. The molecule has 0 spiro atoms. The number of hydrogen-bond donors (Lipinski definition) is 2.